The molecule has 1 aromatic rings. The SMILES string of the molecule is CCCNCC(=O)Cc1nnn(C)n1. The van der Waals surface area contributed by atoms with Crippen molar-refractivity contribution in [1.29, 1.82) is 0 Å². The number of Topliss-reactive ketones (excluding diaryl/α,β-unsaturated/α-hetero) is 1. The van der Waals surface area contributed by atoms with Gasteiger partial charge < -0.3 is 5.32 Å². The van der Waals surface area contributed by atoms with E-state index in [1.165, 1.54) is 4.80 Å². The quantitative estimate of drug-likeness (QED) is 0.612. The molecule has 78 valence electrons. The number of aryl methyl sites for hydroxylation is 1. The van der Waals surface area contributed by atoms with Crippen molar-refractivity contribution in [2.24, 2.45) is 7.05 Å². The Morgan fingerprint density at radius 3 is 2.93 bits per heavy atom. The Bertz CT molecular complexity index is 296. The highest BCUT2D eigenvalue weighted by atomic mass is 16.1. The monoisotopic (exact) mass is 197 g/mol. The van der Waals surface area contributed by atoms with Gasteiger partial charge in [-0.1, -0.05) is 6.92 Å². The molecule has 1 aromatic heterocycles. The van der Waals surface area contributed by atoms with Crippen LogP contribution in [0.1, 0.15) is 19.2 Å². The number of nitrogens with one attached hydrogen (secondary N) is 1. The summed E-state index contributed by atoms with van der Waals surface area (Å²) in [6.45, 7) is 3.30. The maximum absolute atomic E-state index is 11.3. The van der Waals surface area contributed by atoms with E-state index in [0.29, 0.717) is 12.4 Å². The second kappa shape index (κ2) is 5.43. The van der Waals surface area contributed by atoms with Crippen LogP contribution in [0.25, 0.3) is 0 Å². The molecular weight excluding hydrogens is 182 g/mol. The van der Waals surface area contributed by atoms with Gasteiger partial charge in [-0.25, -0.2) is 0 Å². The Morgan fingerprint density at radius 1 is 1.57 bits per heavy atom. The van der Waals surface area contributed by atoms with Gasteiger partial charge in [0, 0.05) is 0 Å². The van der Waals surface area contributed by atoms with Gasteiger partial charge in [-0.15, -0.1) is 10.2 Å². The first-order chi connectivity index (χ1) is 6.72. The van der Waals surface area contributed by atoms with Crippen LogP contribution in [0.2, 0.25) is 0 Å². The van der Waals surface area contributed by atoms with Crippen LogP contribution >= 0.6 is 0 Å². The number of carbonyl (C=O) groups is 1. The van der Waals surface area contributed by atoms with Crippen LogP contribution in [0.3, 0.4) is 0 Å². The fourth-order valence-electron chi connectivity index (χ4n) is 1.04. The van der Waals surface area contributed by atoms with Gasteiger partial charge in [-0.3, -0.25) is 4.79 Å². The van der Waals surface area contributed by atoms with Gasteiger partial charge in [0.15, 0.2) is 11.6 Å². The van der Waals surface area contributed by atoms with E-state index in [4.69, 9.17) is 0 Å². The van der Waals surface area contributed by atoms with Crippen molar-refractivity contribution < 1.29 is 4.79 Å². The molecule has 0 radical (unpaired) electrons. The summed E-state index contributed by atoms with van der Waals surface area (Å²) >= 11 is 0. The molecule has 0 aliphatic carbocycles. The first-order valence-electron chi connectivity index (χ1n) is 4.67. The highest BCUT2D eigenvalue weighted by Crippen LogP contribution is 1.88. The second-order valence-electron chi connectivity index (χ2n) is 3.09. The molecule has 0 spiro atoms. The molecule has 1 rings (SSSR count). The minimum Gasteiger partial charge on any atom is -0.310 e. The van der Waals surface area contributed by atoms with Crippen LogP contribution in [0.15, 0.2) is 0 Å². The van der Waals surface area contributed by atoms with Crippen LogP contribution in [-0.4, -0.2) is 39.1 Å². The number of carbonyl (C=O) groups excluding carboxylic acids is 1. The molecule has 0 amide bonds. The maximum Gasteiger partial charge on any atom is 0.182 e. The Kier molecular flexibility index (Phi) is 4.18. The number of rotatable bonds is 6. The summed E-state index contributed by atoms with van der Waals surface area (Å²) in [7, 11) is 1.68. The average molecular weight is 197 g/mol. The lowest BCUT2D eigenvalue weighted by Crippen LogP contribution is -2.25. The molecule has 0 unspecified atom stereocenters. The predicted molar refractivity (Wildman–Crippen MR) is 50.7 cm³/mol. The lowest BCUT2D eigenvalue weighted by Gasteiger charge is -1.99. The van der Waals surface area contributed by atoms with Crippen molar-refractivity contribution in [3.8, 4) is 0 Å². The number of aromatic nitrogens is 4. The van der Waals surface area contributed by atoms with Crippen LogP contribution in [0.4, 0.5) is 0 Å². The van der Waals surface area contributed by atoms with Gasteiger partial charge in [-0.05, 0) is 18.2 Å². The molecule has 6 nitrogen and oxygen atoms in total. The molecule has 0 aliphatic heterocycles. The van der Waals surface area contributed by atoms with E-state index in [2.05, 4.69) is 27.7 Å². The smallest absolute Gasteiger partial charge is 0.182 e. The van der Waals surface area contributed by atoms with E-state index < -0.39 is 0 Å². The van der Waals surface area contributed by atoms with E-state index >= 15 is 0 Å². The van der Waals surface area contributed by atoms with Gasteiger partial charge >= 0.3 is 0 Å². The average Bonchev–Trinajstić information content (AvgIpc) is 2.52. The highest BCUT2D eigenvalue weighted by Gasteiger charge is 2.07. The zero-order valence-corrected chi connectivity index (χ0v) is 8.53. The van der Waals surface area contributed by atoms with Crippen molar-refractivity contribution in [3.05, 3.63) is 5.82 Å². The van der Waals surface area contributed by atoms with Gasteiger partial charge in [0.2, 0.25) is 0 Å². The van der Waals surface area contributed by atoms with Crippen molar-refractivity contribution in [3.63, 3.8) is 0 Å². The van der Waals surface area contributed by atoms with E-state index in [-0.39, 0.29) is 12.2 Å². The summed E-state index contributed by atoms with van der Waals surface area (Å²) in [5, 5.41) is 14.3. The Balaban J connectivity index is 2.27. The molecule has 0 aliphatic rings. The largest absolute Gasteiger partial charge is 0.310 e. The van der Waals surface area contributed by atoms with E-state index in [9.17, 15) is 4.79 Å². The molecule has 0 atom stereocenters. The zero-order valence-electron chi connectivity index (χ0n) is 8.53. The number of nitrogens with zero attached hydrogens (tertiary/aromatic N) is 4. The first kappa shape index (κ1) is 10.8. The summed E-state index contributed by atoms with van der Waals surface area (Å²) in [5.74, 6) is 0.572. The van der Waals surface area contributed by atoms with Crippen LogP contribution in [0, 0.1) is 0 Å². The molecule has 14 heavy (non-hydrogen) atoms. The molecule has 0 bridgehead atoms. The number of hydrogen-bond donors (Lipinski definition) is 1. The topological polar surface area (TPSA) is 72.7 Å². The summed E-state index contributed by atoms with van der Waals surface area (Å²) in [4.78, 5) is 12.7. The van der Waals surface area contributed by atoms with E-state index in [0.717, 1.165) is 13.0 Å². The molecule has 0 aromatic carbocycles. The third-order valence-electron chi connectivity index (χ3n) is 1.65. The molecule has 0 fully saturated rings. The normalized spacial score (nSPS) is 10.4. The fourth-order valence-corrected chi connectivity index (χ4v) is 1.04. The van der Waals surface area contributed by atoms with Gasteiger partial charge in [-0.2, -0.15) is 4.80 Å². The van der Waals surface area contributed by atoms with Crippen LogP contribution in [-0.2, 0) is 18.3 Å². The summed E-state index contributed by atoms with van der Waals surface area (Å²) in [6, 6.07) is 0. The van der Waals surface area contributed by atoms with Gasteiger partial charge in [0.25, 0.3) is 0 Å². The molecule has 1 heterocycles. The lowest BCUT2D eigenvalue weighted by atomic mass is 10.2. The standard InChI is InChI=1S/C8H15N5O/c1-3-4-9-6-7(14)5-8-10-12-13(2)11-8/h9H,3-6H2,1-2H3. The zero-order chi connectivity index (χ0) is 10.4. The first-order valence-corrected chi connectivity index (χ1v) is 4.67. The van der Waals surface area contributed by atoms with Gasteiger partial charge in [0.05, 0.1) is 20.0 Å². The number of hydrogen-bond acceptors (Lipinski definition) is 5. The number of ketones is 1. The third-order valence-corrected chi connectivity index (χ3v) is 1.65. The van der Waals surface area contributed by atoms with Gasteiger partial charge in [0.1, 0.15) is 0 Å². The summed E-state index contributed by atoms with van der Waals surface area (Å²) in [5.41, 5.74) is 0. The number of tetrazole rings is 1. The third kappa shape index (κ3) is 3.61. The Morgan fingerprint density at radius 2 is 2.36 bits per heavy atom. The minimum absolute atomic E-state index is 0.0893. The van der Waals surface area contributed by atoms with Crippen molar-refractivity contribution in [2.75, 3.05) is 13.1 Å². The van der Waals surface area contributed by atoms with Crippen LogP contribution < -0.4 is 5.32 Å². The second-order valence-corrected chi connectivity index (χ2v) is 3.09. The van der Waals surface area contributed by atoms with E-state index in [1.807, 2.05) is 0 Å². The summed E-state index contributed by atoms with van der Waals surface area (Å²) in [6.07, 6.45) is 1.28. The lowest BCUT2D eigenvalue weighted by molar-refractivity contribution is -0.117. The summed E-state index contributed by atoms with van der Waals surface area (Å²) < 4.78 is 0. The molecular formula is C8H15N5O. The Labute approximate surface area is 82.7 Å². The molecule has 6 heteroatoms. The van der Waals surface area contributed by atoms with Crippen LogP contribution in [0.5, 0.6) is 0 Å². The predicted octanol–water partition coefficient (Wildman–Crippen LogP) is -0.679. The molecule has 0 saturated heterocycles. The Hall–Kier alpha value is -1.30. The van der Waals surface area contributed by atoms with Crippen molar-refractivity contribution in [1.82, 2.24) is 25.5 Å². The molecule has 0 saturated carbocycles. The highest BCUT2D eigenvalue weighted by molar-refractivity contribution is 5.81. The maximum atomic E-state index is 11.3. The van der Waals surface area contributed by atoms with Crippen molar-refractivity contribution >= 4 is 5.78 Å². The van der Waals surface area contributed by atoms with E-state index in [1.54, 1.807) is 7.05 Å². The molecule has 1 N–H and O–H groups in total. The minimum atomic E-state index is 0.0893. The fraction of sp³-hybridized carbons (Fsp3) is 0.750. The van der Waals surface area contributed by atoms with Crippen molar-refractivity contribution in [2.45, 2.75) is 19.8 Å².